The fraction of sp³-hybridized carbons (Fsp3) is 0.133. The van der Waals surface area contributed by atoms with E-state index in [0.29, 0.717) is 5.69 Å². The second-order valence-corrected chi connectivity index (χ2v) is 4.11. The first-order valence-electron chi connectivity index (χ1n) is 5.57. The molecule has 2 nitrogen and oxygen atoms in total. The highest BCUT2D eigenvalue weighted by molar-refractivity contribution is 5.50. The van der Waals surface area contributed by atoms with Crippen LogP contribution < -0.4 is 0 Å². The van der Waals surface area contributed by atoms with E-state index in [9.17, 15) is 5.11 Å². The molecule has 86 valence electrons. The Labute approximate surface area is 101 Å². The van der Waals surface area contributed by atoms with E-state index in [-0.39, 0.29) is 0 Å². The zero-order chi connectivity index (χ0) is 12.1. The van der Waals surface area contributed by atoms with Gasteiger partial charge in [0.1, 0.15) is 5.60 Å². The second kappa shape index (κ2) is 4.93. The SMILES string of the molecule is CC(O)(/C=C\c1ccccc1)c1ccccn1. The van der Waals surface area contributed by atoms with Crippen LogP contribution in [0.25, 0.3) is 6.08 Å². The van der Waals surface area contributed by atoms with Crippen LogP contribution in [0.1, 0.15) is 18.2 Å². The molecule has 1 aromatic heterocycles. The minimum atomic E-state index is -1.04. The van der Waals surface area contributed by atoms with Crippen molar-refractivity contribution in [3.8, 4) is 0 Å². The zero-order valence-corrected chi connectivity index (χ0v) is 9.75. The summed E-state index contributed by atoms with van der Waals surface area (Å²) < 4.78 is 0. The van der Waals surface area contributed by atoms with E-state index < -0.39 is 5.60 Å². The van der Waals surface area contributed by atoms with Gasteiger partial charge in [-0.1, -0.05) is 42.5 Å². The normalized spacial score (nSPS) is 14.7. The van der Waals surface area contributed by atoms with Crippen LogP contribution in [-0.2, 0) is 5.60 Å². The Morgan fingerprint density at radius 2 is 1.76 bits per heavy atom. The number of hydrogen-bond donors (Lipinski definition) is 1. The summed E-state index contributed by atoms with van der Waals surface area (Å²) in [6.45, 7) is 1.73. The van der Waals surface area contributed by atoms with Crippen LogP contribution in [0.3, 0.4) is 0 Å². The maximum absolute atomic E-state index is 10.3. The lowest BCUT2D eigenvalue weighted by atomic mass is 10.00. The van der Waals surface area contributed by atoms with E-state index in [1.807, 2.05) is 54.6 Å². The molecule has 0 bridgehead atoms. The molecule has 0 spiro atoms. The van der Waals surface area contributed by atoms with Crippen LogP contribution in [0.4, 0.5) is 0 Å². The van der Waals surface area contributed by atoms with Crippen molar-refractivity contribution < 1.29 is 5.11 Å². The van der Waals surface area contributed by atoms with Gasteiger partial charge in [0.25, 0.3) is 0 Å². The van der Waals surface area contributed by atoms with Crippen molar-refractivity contribution in [1.82, 2.24) is 4.98 Å². The molecule has 17 heavy (non-hydrogen) atoms. The highest BCUT2D eigenvalue weighted by Gasteiger charge is 2.20. The van der Waals surface area contributed by atoms with E-state index in [1.165, 1.54) is 0 Å². The van der Waals surface area contributed by atoms with Gasteiger partial charge < -0.3 is 5.11 Å². The van der Waals surface area contributed by atoms with Crippen LogP contribution in [-0.4, -0.2) is 10.1 Å². The number of benzene rings is 1. The third kappa shape index (κ3) is 3.02. The van der Waals surface area contributed by atoms with Crippen LogP contribution in [0, 0.1) is 0 Å². The molecule has 1 unspecified atom stereocenters. The maximum atomic E-state index is 10.3. The standard InChI is InChI=1S/C15H15NO/c1-15(17,14-9-5-6-12-16-14)11-10-13-7-3-2-4-8-13/h2-12,17H,1H3/b11-10-. The summed E-state index contributed by atoms with van der Waals surface area (Å²) in [7, 11) is 0. The molecule has 2 rings (SSSR count). The van der Waals surface area contributed by atoms with Crippen molar-refractivity contribution in [1.29, 1.82) is 0 Å². The predicted molar refractivity (Wildman–Crippen MR) is 69.3 cm³/mol. The molecule has 0 saturated heterocycles. The molecule has 0 amide bonds. The summed E-state index contributed by atoms with van der Waals surface area (Å²) in [6, 6.07) is 15.4. The Morgan fingerprint density at radius 3 is 2.41 bits per heavy atom. The van der Waals surface area contributed by atoms with Gasteiger partial charge in [0, 0.05) is 6.20 Å². The van der Waals surface area contributed by atoms with Gasteiger partial charge in [0.15, 0.2) is 0 Å². The lowest BCUT2D eigenvalue weighted by Gasteiger charge is -2.17. The first-order valence-corrected chi connectivity index (χ1v) is 5.57. The lowest BCUT2D eigenvalue weighted by molar-refractivity contribution is 0.107. The number of pyridine rings is 1. The third-order valence-corrected chi connectivity index (χ3v) is 2.58. The van der Waals surface area contributed by atoms with E-state index >= 15 is 0 Å². The topological polar surface area (TPSA) is 33.1 Å². The van der Waals surface area contributed by atoms with Crippen molar-refractivity contribution in [2.75, 3.05) is 0 Å². The van der Waals surface area contributed by atoms with Crippen LogP contribution in [0.2, 0.25) is 0 Å². The summed E-state index contributed by atoms with van der Waals surface area (Å²) in [6.07, 6.45) is 5.33. The molecule has 0 aliphatic carbocycles. The molecule has 0 aliphatic heterocycles. The molecule has 0 aliphatic rings. The van der Waals surface area contributed by atoms with Gasteiger partial charge in [-0.05, 0) is 30.7 Å². The van der Waals surface area contributed by atoms with E-state index in [1.54, 1.807) is 19.2 Å². The van der Waals surface area contributed by atoms with Gasteiger partial charge in [-0.25, -0.2) is 0 Å². The van der Waals surface area contributed by atoms with Crippen molar-refractivity contribution in [2.24, 2.45) is 0 Å². The molecule has 0 saturated carbocycles. The highest BCUT2D eigenvalue weighted by atomic mass is 16.3. The van der Waals surface area contributed by atoms with Gasteiger partial charge in [0.05, 0.1) is 5.69 Å². The molecule has 0 radical (unpaired) electrons. The van der Waals surface area contributed by atoms with Crippen molar-refractivity contribution >= 4 is 6.08 Å². The molecular formula is C15H15NO. The van der Waals surface area contributed by atoms with Gasteiger partial charge in [-0.3, -0.25) is 4.98 Å². The average molecular weight is 225 g/mol. The molecule has 2 heteroatoms. The van der Waals surface area contributed by atoms with E-state index in [4.69, 9.17) is 0 Å². The molecule has 2 aromatic rings. The van der Waals surface area contributed by atoms with Crippen LogP contribution in [0.15, 0.2) is 60.8 Å². The Bertz CT molecular complexity index is 489. The van der Waals surface area contributed by atoms with Gasteiger partial charge in [-0.15, -0.1) is 0 Å². The Balaban J connectivity index is 2.21. The van der Waals surface area contributed by atoms with Crippen molar-refractivity contribution in [3.05, 3.63) is 72.1 Å². The fourth-order valence-corrected chi connectivity index (χ4v) is 1.57. The fourth-order valence-electron chi connectivity index (χ4n) is 1.57. The number of aromatic nitrogens is 1. The first-order chi connectivity index (χ1) is 8.18. The summed E-state index contributed by atoms with van der Waals surface area (Å²) in [5, 5.41) is 10.3. The lowest BCUT2D eigenvalue weighted by Crippen LogP contribution is -2.19. The third-order valence-electron chi connectivity index (χ3n) is 2.58. The Morgan fingerprint density at radius 1 is 1.06 bits per heavy atom. The van der Waals surface area contributed by atoms with Gasteiger partial charge in [0.2, 0.25) is 0 Å². The maximum Gasteiger partial charge on any atom is 0.122 e. The second-order valence-electron chi connectivity index (χ2n) is 4.11. The van der Waals surface area contributed by atoms with Crippen molar-refractivity contribution in [2.45, 2.75) is 12.5 Å². The number of hydrogen-bond acceptors (Lipinski definition) is 2. The molecule has 0 fully saturated rings. The van der Waals surface area contributed by atoms with Crippen LogP contribution in [0.5, 0.6) is 0 Å². The molecule has 1 heterocycles. The van der Waals surface area contributed by atoms with Crippen LogP contribution >= 0.6 is 0 Å². The summed E-state index contributed by atoms with van der Waals surface area (Å²) >= 11 is 0. The number of nitrogens with zero attached hydrogens (tertiary/aromatic N) is 1. The van der Waals surface area contributed by atoms with E-state index in [0.717, 1.165) is 5.56 Å². The quantitative estimate of drug-likeness (QED) is 0.871. The van der Waals surface area contributed by atoms with Gasteiger partial charge >= 0.3 is 0 Å². The first kappa shape index (κ1) is 11.6. The highest BCUT2D eigenvalue weighted by Crippen LogP contribution is 2.20. The van der Waals surface area contributed by atoms with Gasteiger partial charge in [-0.2, -0.15) is 0 Å². The molecular weight excluding hydrogens is 210 g/mol. The van der Waals surface area contributed by atoms with Crippen molar-refractivity contribution in [3.63, 3.8) is 0 Å². The largest absolute Gasteiger partial charge is 0.380 e. The Hall–Kier alpha value is -1.93. The summed E-state index contributed by atoms with van der Waals surface area (Å²) in [5.41, 5.74) is 0.660. The Kier molecular flexibility index (Phi) is 3.35. The smallest absolute Gasteiger partial charge is 0.122 e. The number of rotatable bonds is 3. The predicted octanol–water partition coefficient (Wildman–Crippen LogP) is 3.00. The molecule has 1 N–H and O–H groups in total. The zero-order valence-electron chi connectivity index (χ0n) is 9.75. The number of aliphatic hydroxyl groups is 1. The molecule has 1 atom stereocenters. The minimum absolute atomic E-state index is 0.646. The molecule has 1 aromatic carbocycles. The summed E-state index contributed by atoms with van der Waals surface area (Å²) in [4.78, 5) is 4.16. The minimum Gasteiger partial charge on any atom is -0.380 e. The van der Waals surface area contributed by atoms with E-state index in [2.05, 4.69) is 4.98 Å². The average Bonchev–Trinajstić information content (AvgIpc) is 2.39. The monoisotopic (exact) mass is 225 g/mol. The summed E-state index contributed by atoms with van der Waals surface area (Å²) in [5.74, 6) is 0.